The molecule has 1 aliphatic heterocycles. The van der Waals surface area contributed by atoms with E-state index in [9.17, 15) is 4.79 Å². The number of rotatable bonds is 19. The summed E-state index contributed by atoms with van der Waals surface area (Å²) in [5, 5.41) is 0. The number of ether oxygens (including phenoxy) is 1. The van der Waals surface area contributed by atoms with E-state index in [2.05, 4.69) is 18.7 Å². The Balaban J connectivity index is 1.74. The third kappa shape index (κ3) is 14.4. The summed E-state index contributed by atoms with van der Waals surface area (Å²) in [6.07, 6.45) is 23.6. The lowest BCUT2D eigenvalue weighted by molar-refractivity contribution is -0.148. The van der Waals surface area contributed by atoms with Crippen LogP contribution < -0.4 is 0 Å². The average molecular weight is 396 g/mol. The first kappa shape index (κ1) is 25.5. The molecule has 1 saturated heterocycles. The number of nitrogens with zero attached hydrogens (tertiary/aromatic N) is 1. The second-order valence-corrected chi connectivity index (χ2v) is 8.85. The summed E-state index contributed by atoms with van der Waals surface area (Å²) >= 11 is 0. The Kier molecular flexibility index (Phi) is 16.8. The van der Waals surface area contributed by atoms with Crippen molar-refractivity contribution in [2.24, 2.45) is 0 Å². The molecular formula is C25H49NO2. The smallest absolute Gasteiger partial charge is 0.306 e. The highest BCUT2D eigenvalue weighted by molar-refractivity contribution is 5.69. The zero-order chi connectivity index (χ0) is 20.3. The molecule has 0 saturated carbocycles. The SMILES string of the molecule is CCCCCCCCCCCCCCCCCCC(=O)OC1CCN(CC)C1. The summed E-state index contributed by atoms with van der Waals surface area (Å²) in [6, 6.07) is 0. The molecule has 3 nitrogen and oxygen atoms in total. The number of esters is 1. The van der Waals surface area contributed by atoms with Crippen molar-refractivity contribution in [3.8, 4) is 0 Å². The first-order valence-corrected chi connectivity index (χ1v) is 12.7. The minimum absolute atomic E-state index is 0.0216. The highest BCUT2D eigenvalue weighted by Crippen LogP contribution is 2.16. The predicted octanol–water partition coefficient (Wildman–Crippen LogP) is 7.28. The normalized spacial score (nSPS) is 17.3. The van der Waals surface area contributed by atoms with E-state index in [1.165, 1.54) is 96.3 Å². The number of unbranched alkanes of at least 4 members (excludes halogenated alkanes) is 15. The van der Waals surface area contributed by atoms with Gasteiger partial charge in [-0.25, -0.2) is 0 Å². The van der Waals surface area contributed by atoms with Crippen LogP contribution in [0.3, 0.4) is 0 Å². The summed E-state index contributed by atoms with van der Waals surface area (Å²) in [7, 11) is 0. The van der Waals surface area contributed by atoms with Crippen molar-refractivity contribution in [3.63, 3.8) is 0 Å². The molecule has 0 aromatic heterocycles. The van der Waals surface area contributed by atoms with Gasteiger partial charge in [-0.3, -0.25) is 9.69 Å². The predicted molar refractivity (Wildman–Crippen MR) is 121 cm³/mol. The highest BCUT2D eigenvalue weighted by Gasteiger charge is 2.23. The Hall–Kier alpha value is -0.570. The van der Waals surface area contributed by atoms with E-state index >= 15 is 0 Å². The fraction of sp³-hybridized carbons (Fsp3) is 0.960. The van der Waals surface area contributed by atoms with Crippen LogP contribution in [0.25, 0.3) is 0 Å². The summed E-state index contributed by atoms with van der Waals surface area (Å²) in [5.74, 6) is 0.0216. The zero-order valence-electron chi connectivity index (χ0n) is 19.2. The molecule has 0 aliphatic carbocycles. The van der Waals surface area contributed by atoms with Crippen molar-refractivity contribution in [2.45, 2.75) is 136 Å². The van der Waals surface area contributed by atoms with Crippen LogP contribution in [0.15, 0.2) is 0 Å². The topological polar surface area (TPSA) is 29.5 Å². The van der Waals surface area contributed by atoms with Gasteiger partial charge in [0.25, 0.3) is 0 Å². The van der Waals surface area contributed by atoms with Crippen LogP contribution in [-0.2, 0) is 9.53 Å². The number of likely N-dealkylation sites (tertiary alicyclic amines) is 1. The second kappa shape index (κ2) is 18.5. The largest absolute Gasteiger partial charge is 0.461 e. The Labute approximate surface area is 176 Å². The molecule has 28 heavy (non-hydrogen) atoms. The number of hydrogen-bond acceptors (Lipinski definition) is 3. The van der Waals surface area contributed by atoms with Crippen LogP contribution in [0.4, 0.5) is 0 Å². The third-order valence-corrected chi connectivity index (χ3v) is 6.21. The zero-order valence-corrected chi connectivity index (χ0v) is 19.2. The second-order valence-electron chi connectivity index (χ2n) is 8.85. The third-order valence-electron chi connectivity index (χ3n) is 6.21. The molecule has 1 fully saturated rings. The Morgan fingerprint density at radius 3 is 1.64 bits per heavy atom. The van der Waals surface area contributed by atoms with E-state index in [0.717, 1.165) is 32.5 Å². The van der Waals surface area contributed by atoms with Crippen LogP contribution in [0.2, 0.25) is 0 Å². The first-order valence-electron chi connectivity index (χ1n) is 12.7. The highest BCUT2D eigenvalue weighted by atomic mass is 16.5. The molecule has 0 spiro atoms. The molecule has 1 aliphatic rings. The van der Waals surface area contributed by atoms with Gasteiger partial charge in [-0.05, 0) is 19.4 Å². The molecule has 1 rings (SSSR count). The average Bonchev–Trinajstić information content (AvgIpc) is 3.15. The molecule has 166 valence electrons. The van der Waals surface area contributed by atoms with Gasteiger partial charge in [0.05, 0.1) is 0 Å². The number of carbonyl (C=O) groups is 1. The molecule has 1 atom stereocenters. The maximum Gasteiger partial charge on any atom is 0.306 e. The van der Waals surface area contributed by atoms with E-state index in [1.54, 1.807) is 0 Å². The Morgan fingerprint density at radius 1 is 0.750 bits per heavy atom. The van der Waals surface area contributed by atoms with Crippen molar-refractivity contribution in [1.29, 1.82) is 0 Å². The molecule has 0 radical (unpaired) electrons. The van der Waals surface area contributed by atoms with E-state index < -0.39 is 0 Å². The fourth-order valence-corrected chi connectivity index (χ4v) is 4.24. The van der Waals surface area contributed by atoms with Gasteiger partial charge in [0.2, 0.25) is 0 Å². The van der Waals surface area contributed by atoms with Gasteiger partial charge in [0.1, 0.15) is 6.10 Å². The van der Waals surface area contributed by atoms with E-state index in [-0.39, 0.29) is 12.1 Å². The van der Waals surface area contributed by atoms with Crippen LogP contribution in [0.5, 0.6) is 0 Å². The molecular weight excluding hydrogens is 346 g/mol. The molecule has 0 N–H and O–H groups in total. The molecule has 3 heteroatoms. The standard InChI is InChI=1S/C25H49NO2/c1-3-5-6-7-8-9-10-11-12-13-14-15-16-17-18-19-20-25(27)28-24-21-22-26(4-2)23-24/h24H,3-23H2,1-2H3. The van der Waals surface area contributed by atoms with Gasteiger partial charge in [0, 0.05) is 19.5 Å². The van der Waals surface area contributed by atoms with E-state index in [4.69, 9.17) is 4.74 Å². The quantitative estimate of drug-likeness (QED) is 0.170. The first-order chi connectivity index (χ1) is 13.8. The van der Waals surface area contributed by atoms with Crippen molar-refractivity contribution in [1.82, 2.24) is 4.90 Å². The molecule has 0 aromatic carbocycles. The fourth-order valence-electron chi connectivity index (χ4n) is 4.24. The molecule has 0 amide bonds. The Morgan fingerprint density at radius 2 is 1.21 bits per heavy atom. The lowest BCUT2D eigenvalue weighted by atomic mass is 10.0. The summed E-state index contributed by atoms with van der Waals surface area (Å²) in [6.45, 7) is 7.52. The van der Waals surface area contributed by atoms with Gasteiger partial charge < -0.3 is 4.74 Å². The minimum Gasteiger partial charge on any atom is -0.461 e. The maximum absolute atomic E-state index is 11.9. The molecule has 0 aromatic rings. The van der Waals surface area contributed by atoms with Gasteiger partial charge in [0.15, 0.2) is 0 Å². The number of carbonyl (C=O) groups excluding carboxylic acids is 1. The summed E-state index contributed by atoms with van der Waals surface area (Å²) < 4.78 is 5.59. The van der Waals surface area contributed by atoms with E-state index in [1.807, 2.05) is 0 Å². The lowest BCUT2D eigenvalue weighted by Gasteiger charge is -2.13. The van der Waals surface area contributed by atoms with Gasteiger partial charge in [-0.2, -0.15) is 0 Å². The molecule has 1 heterocycles. The van der Waals surface area contributed by atoms with Crippen LogP contribution in [-0.4, -0.2) is 36.6 Å². The van der Waals surface area contributed by atoms with Gasteiger partial charge in [-0.1, -0.05) is 110 Å². The van der Waals surface area contributed by atoms with Crippen molar-refractivity contribution >= 4 is 5.97 Å². The molecule has 0 bridgehead atoms. The monoisotopic (exact) mass is 395 g/mol. The van der Waals surface area contributed by atoms with Crippen molar-refractivity contribution < 1.29 is 9.53 Å². The van der Waals surface area contributed by atoms with E-state index in [0.29, 0.717) is 6.42 Å². The summed E-state index contributed by atoms with van der Waals surface area (Å²) in [4.78, 5) is 14.3. The van der Waals surface area contributed by atoms with Crippen molar-refractivity contribution in [3.05, 3.63) is 0 Å². The van der Waals surface area contributed by atoms with Crippen molar-refractivity contribution in [2.75, 3.05) is 19.6 Å². The van der Waals surface area contributed by atoms with Crippen LogP contribution in [0, 0.1) is 0 Å². The van der Waals surface area contributed by atoms with Crippen LogP contribution >= 0.6 is 0 Å². The Bertz CT molecular complexity index is 358. The van der Waals surface area contributed by atoms with Gasteiger partial charge in [-0.15, -0.1) is 0 Å². The summed E-state index contributed by atoms with van der Waals surface area (Å²) in [5.41, 5.74) is 0. The number of likely N-dealkylation sites (N-methyl/N-ethyl adjacent to an activating group) is 1. The minimum atomic E-state index is 0.0216. The molecule has 1 unspecified atom stereocenters. The number of hydrogen-bond donors (Lipinski definition) is 0. The van der Waals surface area contributed by atoms with Gasteiger partial charge >= 0.3 is 5.97 Å². The lowest BCUT2D eigenvalue weighted by Crippen LogP contribution is -2.24. The van der Waals surface area contributed by atoms with Crippen LogP contribution in [0.1, 0.15) is 129 Å². The maximum atomic E-state index is 11.9.